The summed E-state index contributed by atoms with van der Waals surface area (Å²) >= 11 is 1.72. The molecule has 3 aliphatic rings. The molecule has 2 amide bonds. The first-order chi connectivity index (χ1) is 12.4. The van der Waals surface area contributed by atoms with Gasteiger partial charge in [-0.15, -0.1) is 11.3 Å². The Kier molecular flexibility index (Phi) is 4.38. The van der Waals surface area contributed by atoms with Gasteiger partial charge in [0.25, 0.3) is 5.91 Å². The van der Waals surface area contributed by atoms with Gasteiger partial charge in [0.15, 0.2) is 9.84 Å². The van der Waals surface area contributed by atoms with Gasteiger partial charge in [-0.3, -0.25) is 9.59 Å². The zero-order valence-electron chi connectivity index (χ0n) is 14.6. The lowest BCUT2D eigenvalue weighted by atomic mass is 10.00. The molecule has 0 N–H and O–H groups in total. The third kappa shape index (κ3) is 3.07. The van der Waals surface area contributed by atoms with Crippen molar-refractivity contribution < 1.29 is 18.0 Å². The highest BCUT2D eigenvalue weighted by Gasteiger charge is 2.39. The molecule has 4 rings (SSSR count). The molecular formula is C17H21N3O4S2. The molecule has 1 saturated heterocycles. The topological polar surface area (TPSA) is 87.1 Å². The molecule has 0 aliphatic carbocycles. The summed E-state index contributed by atoms with van der Waals surface area (Å²) in [6, 6.07) is 1.60. The summed E-state index contributed by atoms with van der Waals surface area (Å²) in [6.07, 6.45) is 1.73. The molecule has 1 aromatic rings. The van der Waals surface area contributed by atoms with Crippen LogP contribution < -0.4 is 0 Å². The van der Waals surface area contributed by atoms with E-state index in [1.165, 1.54) is 15.4 Å². The second-order valence-corrected chi connectivity index (χ2v) is 10.3. The van der Waals surface area contributed by atoms with Gasteiger partial charge in [0.1, 0.15) is 5.71 Å². The minimum Gasteiger partial charge on any atom is -0.330 e. The number of hydrogen-bond donors (Lipinski definition) is 0. The number of hydrogen-bond acceptors (Lipinski definition) is 6. The standard InChI is InChI=1S/C17H21N3O4S2/c1-11-13-5-8-25-15(13)4-7-19(11)17(22)14-2-3-16(21)20(18-14)12-6-9-26(23,24)10-12/h5,8,11-12H,2-4,6-7,9-10H2,1H3/t11-,12+/m0/s1. The van der Waals surface area contributed by atoms with E-state index in [0.717, 1.165) is 6.42 Å². The summed E-state index contributed by atoms with van der Waals surface area (Å²) in [5.74, 6) is -0.338. The molecule has 9 heteroatoms. The van der Waals surface area contributed by atoms with Crippen molar-refractivity contribution in [2.75, 3.05) is 18.1 Å². The van der Waals surface area contributed by atoms with Crippen LogP contribution in [0.15, 0.2) is 16.5 Å². The van der Waals surface area contributed by atoms with Crippen LogP contribution >= 0.6 is 11.3 Å². The smallest absolute Gasteiger partial charge is 0.270 e. The number of rotatable bonds is 2. The molecule has 0 saturated carbocycles. The molecule has 0 aromatic carbocycles. The predicted octanol–water partition coefficient (Wildman–Crippen LogP) is 1.36. The highest BCUT2D eigenvalue weighted by atomic mass is 32.2. The van der Waals surface area contributed by atoms with Crippen molar-refractivity contribution in [1.29, 1.82) is 0 Å². The largest absolute Gasteiger partial charge is 0.330 e. The van der Waals surface area contributed by atoms with Gasteiger partial charge < -0.3 is 4.90 Å². The van der Waals surface area contributed by atoms with E-state index in [2.05, 4.69) is 11.2 Å². The second-order valence-electron chi connectivity index (χ2n) is 7.07. The van der Waals surface area contributed by atoms with E-state index in [9.17, 15) is 18.0 Å². The quantitative estimate of drug-likeness (QED) is 0.756. The molecule has 1 aromatic heterocycles. The lowest BCUT2D eigenvalue weighted by Crippen LogP contribution is -2.47. The van der Waals surface area contributed by atoms with Gasteiger partial charge in [-0.05, 0) is 36.8 Å². The molecule has 0 bridgehead atoms. The fourth-order valence-electron chi connectivity index (χ4n) is 3.93. The minimum absolute atomic E-state index is 0.0156. The molecule has 0 spiro atoms. The van der Waals surface area contributed by atoms with Crippen LogP contribution in [0.4, 0.5) is 0 Å². The molecule has 1 fully saturated rings. The Bertz CT molecular complexity index is 890. The SMILES string of the molecule is C[C@H]1c2ccsc2CCN1C(=O)C1=NN([C@@H]2CCS(=O)(=O)C2)C(=O)CC1. The van der Waals surface area contributed by atoms with E-state index in [0.29, 0.717) is 25.1 Å². The fraction of sp³-hybridized carbons (Fsp3) is 0.588. The fourth-order valence-corrected chi connectivity index (χ4v) is 6.59. The summed E-state index contributed by atoms with van der Waals surface area (Å²) in [5, 5.41) is 7.62. The van der Waals surface area contributed by atoms with Crippen LogP contribution in [-0.4, -0.2) is 59.9 Å². The average molecular weight is 396 g/mol. The summed E-state index contributed by atoms with van der Waals surface area (Å²) in [5.41, 5.74) is 1.54. The highest BCUT2D eigenvalue weighted by Crippen LogP contribution is 2.33. The maximum atomic E-state index is 13.0. The second kappa shape index (κ2) is 6.45. The minimum atomic E-state index is -3.12. The van der Waals surface area contributed by atoms with Crippen LogP contribution in [0.25, 0.3) is 0 Å². The van der Waals surface area contributed by atoms with Crippen LogP contribution in [0, 0.1) is 0 Å². The molecule has 26 heavy (non-hydrogen) atoms. The molecule has 3 aliphatic heterocycles. The van der Waals surface area contributed by atoms with E-state index in [-0.39, 0.29) is 35.8 Å². The number of carbonyl (C=O) groups excluding carboxylic acids is 2. The number of thiophene rings is 1. The summed E-state index contributed by atoms with van der Waals surface area (Å²) in [7, 11) is -3.12. The third-order valence-corrected chi connectivity index (χ3v) is 8.15. The Hall–Kier alpha value is -1.74. The van der Waals surface area contributed by atoms with Gasteiger partial charge in [-0.2, -0.15) is 5.10 Å². The first kappa shape index (κ1) is 17.7. The van der Waals surface area contributed by atoms with Gasteiger partial charge >= 0.3 is 0 Å². The van der Waals surface area contributed by atoms with Crippen LogP contribution in [0.5, 0.6) is 0 Å². The Balaban J connectivity index is 1.56. The highest BCUT2D eigenvalue weighted by molar-refractivity contribution is 7.91. The summed E-state index contributed by atoms with van der Waals surface area (Å²) in [6.45, 7) is 2.65. The number of amides is 2. The monoisotopic (exact) mass is 395 g/mol. The number of sulfone groups is 1. The number of fused-ring (bicyclic) bond motifs is 1. The van der Waals surface area contributed by atoms with Gasteiger partial charge in [-0.25, -0.2) is 13.4 Å². The van der Waals surface area contributed by atoms with Crippen LogP contribution in [0.3, 0.4) is 0 Å². The van der Waals surface area contributed by atoms with E-state index in [1.807, 2.05) is 17.2 Å². The van der Waals surface area contributed by atoms with Crippen LogP contribution in [-0.2, 0) is 25.8 Å². The molecule has 7 nitrogen and oxygen atoms in total. The number of carbonyl (C=O) groups is 2. The molecule has 0 radical (unpaired) electrons. The molecular weight excluding hydrogens is 374 g/mol. The maximum absolute atomic E-state index is 13.0. The van der Waals surface area contributed by atoms with Gasteiger partial charge in [0.2, 0.25) is 5.91 Å². The Morgan fingerprint density at radius 1 is 1.31 bits per heavy atom. The zero-order valence-corrected chi connectivity index (χ0v) is 16.2. The number of nitrogens with zero attached hydrogens (tertiary/aromatic N) is 3. The Morgan fingerprint density at radius 2 is 2.12 bits per heavy atom. The third-order valence-electron chi connectivity index (χ3n) is 5.40. The molecule has 0 unspecified atom stereocenters. The van der Waals surface area contributed by atoms with Crippen molar-refractivity contribution in [2.45, 2.75) is 44.7 Å². The summed E-state index contributed by atoms with van der Waals surface area (Å²) < 4.78 is 23.5. The lowest BCUT2D eigenvalue weighted by Gasteiger charge is -2.35. The summed E-state index contributed by atoms with van der Waals surface area (Å²) in [4.78, 5) is 28.4. The van der Waals surface area contributed by atoms with E-state index in [1.54, 1.807) is 11.3 Å². The molecule has 2 atom stereocenters. The van der Waals surface area contributed by atoms with Crippen LogP contribution in [0.2, 0.25) is 0 Å². The zero-order chi connectivity index (χ0) is 18.5. The normalized spacial score (nSPS) is 28.0. The van der Waals surface area contributed by atoms with Gasteiger partial charge in [-0.1, -0.05) is 0 Å². The van der Waals surface area contributed by atoms with Gasteiger partial charge in [0, 0.05) is 24.3 Å². The lowest BCUT2D eigenvalue weighted by molar-refractivity contribution is -0.134. The average Bonchev–Trinajstić information content (AvgIpc) is 3.22. The Morgan fingerprint density at radius 3 is 2.85 bits per heavy atom. The van der Waals surface area contributed by atoms with Crippen molar-refractivity contribution >= 4 is 38.7 Å². The Labute approximate surface area is 156 Å². The molecule has 140 valence electrons. The van der Waals surface area contributed by atoms with E-state index in [4.69, 9.17) is 0 Å². The van der Waals surface area contributed by atoms with Gasteiger partial charge in [0.05, 0.1) is 23.6 Å². The first-order valence-electron chi connectivity index (χ1n) is 8.83. The molecule has 4 heterocycles. The van der Waals surface area contributed by atoms with Crippen molar-refractivity contribution in [3.05, 3.63) is 21.9 Å². The predicted molar refractivity (Wildman–Crippen MR) is 98.7 cm³/mol. The van der Waals surface area contributed by atoms with Crippen molar-refractivity contribution in [3.8, 4) is 0 Å². The first-order valence-corrected chi connectivity index (χ1v) is 11.5. The van der Waals surface area contributed by atoms with Crippen LogP contribution in [0.1, 0.15) is 42.7 Å². The van der Waals surface area contributed by atoms with Crippen molar-refractivity contribution in [1.82, 2.24) is 9.91 Å². The van der Waals surface area contributed by atoms with Crippen molar-refractivity contribution in [3.63, 3.8) is 0 Å². The maximum Gasteiger partial charge on any atom is 0.270 e. The van der Waals surface area contributed by atoms with Crippen molar-refractivity contribution in [2.24, 2.45) is 5.10 Å². The van der Waals surface area contributed by atoms with E-state index < -0.39 is 15.9 Å². The number of hydrazone groups is 1. The van der Waals surface area contributed by atoms with E-state index >= 15 is 0 Å².